The van der Waals surface area contributed by atoms with Gasteiger partial charge in [-0.15, -0.1) is 23.5 Å². The summed E-state index contributed by atoms with van der Waals surface area (Å²) in [5, 5.41) is 19.8. The molecule has 0 atom stereocenters. The van der Waals surface area contributed by atoms with Crippen molar-refractivity contribution < 1.29 is 19.8 Å². The number of thioether (sulfide) groups is 2. The Hall–Kier alpha value is -0.620. The number of hydrogen-bond donors (Lipinski definition) is 2. The van der Waals surface area contributed by atoms with E-state index in [9.17, 15) is 9.59 Å². The van der Waals surface area contributed by atoms with Gasteiger partial charge in [-0.05, 0) is 11.0 Å². The van der Waals surface area contributed by atoms with Gasteiger partial charge >= 0.3 is 11.9 Å². The van der Waals surface area contributed by atoms with Gasteiger partial charge in [-0.25, -0.2) is 0 Å². The fourth-order valence-electron chi connectivity index (χ4n) is 0.957. The normalized spacial score (nSPS) is 16.8. The third kappa shape index (κ3) is 2.67. The summed E-state index contributed by atoms with van der Waals surface area (Å²) in [5.41, 5.74) is 0.473. The molecule has 0 aromatic carbocycles. The van der Waals surface area contributed by atoms with Crippen LogP contribution < -0.4 is 0 Å². The lowest BCUT2D eigenvalue weighted by Gasteiger charge is -2.15. The number of carboxylic acids is 2. The van der Waals surface area contributed by atoms with Crippen LogP contribution in [-0.2, 0) is 9.59 Å². The molecule has 0 unspecified atom stereocenters. The van der Waals surface area contributed by atoms with E-state index in [0.29, 0.717) is 11.3 Å². The SMILES string of the molecule is O=C(O)C(C(=O)O)C1=CSCSC1. The Morgan fingerprint density at radius 3 is 2.38 bits per heavy atom. The molecule has 0 aliphatic carbocycles. The summed E-state index contributed by atoms with van der Waals surface area (Å²) in [6.07, 6.45) is 0. The van der Waals surface area contributed by atoms with Gasteiger partial charge in [0.25, 0.3) is 0 Å². The van der Waals surface area contributed by atoms with Crippen molar-refractivity contribution in [2.45, 2.75) is 0 Å². The molecule has 1 rings (SSSR count). The second kappa shape index (κ2) is 4.57. The molecule has 0 aromatic rings. The molecule has 4 nitrogen and oxygen atoms in total. The summed E-state index contributed by atoms with van der Waals surface area (Å²) < 4.78 is 0. The van der Waals surface area contributed by atoms with Crippen LogP contribution in [0.5, 0.6) is 0 Å². The fourth-order valence-corrected chi connectivity index (χ4v) is 2.97. The molecule has 0 aromatic heterocycles. The zero-order chi connectivity index (χ0) is 9.84. The Labute approximate surface area is 83.4 Å². The van der Waals surface area contributed by atoms with E-state index in [4.69, 9.17) is 10.2 Å². The highest BCUT2D eigenvalue weighted by Gasteiger charge is 2.30. The van der Waals surface area contributed by atoms with Crippen molar-refractivity contribution in [1.29, 1.82) is 0 Å². The molecule has 0 fully saturated rings. The number of carboxylic acid groups (broad SMARTS) is 2. The molecule has 72 valence electrons. The van der Waals surface area contributed by atoms with Crippen LogP contribution in [0.1, 0.15) is 0 Å². The fraction of sp³-hybridized carbons (Fsp3) is 0.429. The first-order chi connectivity index (χ1) is 6.13. The van der Waals surface area contributed by atoms with Crippen LogP contribution in [-0.4, -0.2) is 33.0 Å². The van der Waals surface area contributed by atoms with Crippen LogP contribution in [0.25, 0.3) is 0 Å². The second-order valence-corrected chi connectivity index (χ2v) is 4.64. The maximum absolute atomic E-state index is 10.6. The van der Waals surface area contributed by atoms with Gasteiger partial charge < -0.3 is 10.2 Å². The Balaban J connectivity index is 2.80. The smallest absolute Gasteiger partial charge is 0.322 e. The first-order valence-corrected chi connectivity index (χ1v) is 5.67. The second-order valence-electron chi connectivity index (χ2n) is 2.44. The minimum atomic E-state index is -1.37. The lowest BCUT2D eigenvalue weighted by atomic mass is 10.0. The third-order valence-corrected chi connectivity index (χ3v) is 3.74. The maximum Gasteiger partial charge on any atom is 0.322 e. The van der Waals surface area contributed by atoms with E-state index >= 15 is 0 Å². The van der Waals surface area contributed by atoms with Crippen molar-refractivity contribution in [3.8, 4) is 0 Å². The van der Waals surface area contributed by atoms with Crippen molar-refractivity contribution in [1.82, 2.24) is 0 Å². The van der Waals surface area contributed by atoms with Gasteiger partial charge in [0.05, 0.1) is 0 Å². The van der Waals surface area contributed by atoms with Gasteiger partial charge in [0, 0.05) is 10.8 Å². The summed E-state index contributed by atoms with van der Waals surface area (Å²) >= 11 is 2.97. The van der Waals surface area contributed by atoms with E-state index in [0.717, 1.165) is 5.08 Å². The van der Waals surface area contributed by atoms with Crippen LogP contribution in [0.4, 0.5) is 0 Å². The summed E-state index contributed by atoms with van der Waals surface area (Å²) in [5.74, 6) is -3.46. The predicted molar refractivity (Wildman–Crippen MR) is 51.8 cm³/mol. The molecule has 0 saturated heterocycles. The highest BCUT2D eigenvalue weighted by atomic mass is 32.2. The minimum absolute atomic E-state index is 0.473. The van der Waals surface area contributed by atoms with Crippen LogP contribution in [0.3, 0.4) is 0 Å². The van der Waals surface area contributed by atoms with E-state index in [1.54, 1.807) is 5.41 Å². The van der Waals surface area contributed by atoms with Crippen molar-refractivity contribution in [3.05, 3.63) is 11.0 Å². The summed E-state index contributed by atoms with van der Waals surface area (Å²) in [7, 11) is 0. The number of hydrogen-bond acceptors (Lipinski definition) is 4. The molecular weight excluding hydrogens is 212 g/mol. The summed E-state index contributed by atoms with van der Waals surface area (Å²) in [6.45, 7) is 0. The molecule has 0 spiro atoms. The average molecular weight is 220 g/mol. The zero-order valence-corrected chi connectivity index (χ0v) is 8.23. The largest absolute Gasteiger partial charge is 0.480 e. The van der Waals surface area contributed by atoms with Crippen molar-refractivity contribution >= 4 is 35.5 Å². The highest BCUT2D eigenvalue weighted by Crippen LogP contribution is 2.29. The summed E-state index contributed by atoms with van der Waals surface area (Å²) in [6, 6.07) is 0. The van der Waals surface area contributed by atoms with Crippen LogP contribution in [0, 0.1) is 5.92 Å². The molecule has 0 radical (unpaired) electrons. The molecule has 13 heavy (non-hydrogen) atoms. The molecule has 0 saturated carbocycles. The zero-order valence-electron chi connectivity index (χ0n) is 6.60. The van der Waals surface area contributed by atoms with E-state index in [1.807, 2.05) is 0 Å². The monoisotopic (exact) mass is 220 g/mol. The Morgan fingerprint density at radius 1 is 1.38 bits per heavy atom. The van der Waals surface area contributed by atoms with Crippen molar-refractivity contribution in [3.63, 3.8) is 0 Å². The van der Waals surface area contributed by atoms with E-state index < -0.39 is 17.9 Å². The Bertz CT molecular complexity index is 247. The first-order valence-electron chi connectivity index (χ1n) is 3.47. The molecule has 1 heterocycles. The molecular formula is C7H8O4S2. The van der Waals surface area contributed by atoms with Crippen LogP contribution in [0.15, 0.2) is 11.0 Å². The van der Waals surface area contributed by atoms with Gasteiger partial charge in [-0.1, -0.05) is 0 Å². The lowest BCUT2D eigenvalue weighted by Crippen LogP contribution is -2.26. The molecule has 1 aliphatic rings. The van der Waals surface area contributed by atoms with Crippen LogP contribution in [0.2, 0.25) is 0 Å². The number of rotatable bonds is 3. The molecule has 2 N–H and O–H groups in total. The quantitative estimate of drug-likeness (QED) is 0.693. The highest BCUT2D eigenvalue weighted by molar-refractivity contribution is 8.18. The van der Waals surface area contributed by atoms with Crippen molar-refractivity contribution in [2.75, 3.05) is 10.8 Å². The van der Waals surface area contributed by atoms with Gasteiger partial charge in [-0.2, -0.15) is 0 Å². The number of carbonyl (C=O) groups is 2. The van der Waals surface area contributed by atoms with Crippen LogP contribution >= 0.6 is 23.5 Å². The maximum atomic E-state index is 10.6. The van der Waals surface area contributed by atoms with Gasteiger partial charge in [0.1, 0.15) is 0 Å². The predicted octanol–water partition coefficient (Wildman–Crippen LogP) is 1.09. The first kappa shape index (κ1) is 10.5. The van der Waals surface area contributed by atoms with Crippen molar-refractivity contribution in [2.24, 2.45) is 5.92 Å². The van der Waals surface area contributed by atoms with E-state index in [1.165, 1.54) is 23.5 Å². The van der Waals surface area contributed by atoms with E-state index in [2.05, 4.69) is 0 Å². The summed E-state index contributed by atoms with van der Waals surface area (Å²) in [4.78, 5) is 21.2. The van der Waals surface area contributed by atoms with Gasteiger partial charge in [-0.3, -0.25) is 9.59 Å². The minimum Gasteiger partial charge on any atom is -0.480 e. The molecule has 6 heteroatoms. The van der Waals surface area contributed by atoms with E-state index in [-0.39, 0.29) is 0 Å². The standard InChI is InChI=1S/C7H8O4S2/c8-6(9)5(7(10)11)4-1-12-3-13-2-4/h1,5H,2-3H2,(H,8,9)(H,10,11). The Morgan fingerprint density at radius 2 is 2.00 bits per heavy atom. The topological polar surface area (TPSA) is 74.6 Å². The van der Waals surface area contributed by atoms with Gasteiger partial charge in [0.2, 0.25) is 0 Å². The van der Waals surface area contributed by atoms with Gasteiger partial charge in [0.15, 0.2) is 5.92 Å². The average Bonchev–Trinajstić information content (AvgIpc) is 2.04. The number of aliphatic carboxylic acids is 2. The lowest BCUT2D eigenvalue weighted by molar-refractivity contribution is -0.152. The molecule has 1 aliphatic heterocycles. The Kier molecular flexibility index (Phi) is 3.68. The third-order valence-electron chi connectivity index (χ3n) is 1.52. The molecule has 0 amide bonds. The molecule has 0 bridgehead atoms.